The van der Waals surface area contributed by atoms with Crippen molar-refractivity contribution >= 4 is 17.6 Å². The predicted molar refractivity (Wildman–Crippen MR) is 84.8 cm³/mol. The summed E-state index contributed by atoms with van der Waals surface area (Å²) >= 11 is 6.20. The van der Waals surface area contributed by atoms with Crippen LogP contribution < -0.4 is 10.1 Å². The maximum atomic E-state index is 11.0. The van der Waals surface area contributed by atoms with Gasteiger partial charge in [-0.1, -0.05) is 17.7 Å². The van der Waals surface area contributed by atoms with Gasteiger partial charge in [-0.25, -0.2) is 0 Å². The lowest BCUT2D eigenvalue weighted by Gasteiger charge is -2.20. The second kappa shape index (κ2) is 8.25. The van der Waals surface area contributed by atoms with Gasteiger partial charge in [0.25, 0.3) is 0 Å². The highest BCUT2D eigenvalue weighted by Crippen LogP contribution is 2.25. The minimum absolute atomic E-state index is 0.0650. The minimum Gasteiger partial charge on any atom is -0.492 e. The molecule has 1 aromatic carbocycles. The van der Waals surface area contributed by atoms with Crippen LogP contribution in [0.15, 0.2) is 18.2 Å². The Morgan fingerprint density at radius 3 is 2.62 bits per heavy atom. The number of hydrogen-bond acceptors (Lipinski definition) is 4. The van der Waals surface area contributed by atoms with E-state index in [1.54, 1.807) is 0 Å². The highest BCUT2D eigenvalue weighted by atomic mass is 35.5. The second-order valence-electron chi connectivity index (χ2n) is 5.90. The molecular formula is C16H24ClNO3. The quantitative estimate of drug-likeness (QED) is 0.617. The first-order valence-corrected chi connectivity index (χ1v) is 7.42. The molecule has 21 heavy (non-hydrogen) atoms. The number of esters is 1. The molecule has 4 nitrogen and oxygen atoms in total. The summed E-state index contributed by atoms with van der Waals surface area (Å²) in [5.74, 6) is 0.411. The first-order valence-electron chi connectivity index (χ1n) is 7.05. The van der Waals surface area contributed by atoms with Gasteiger partial charge in [0.1, 0.15) is 5.75 Å². The van der Waals surface area contributed by atoms with E-state index in [4.69, 9.17) is 16.3 Å². The number of nitrogens with one attached hydrogen (secondary N) is 1. The predicted octanol–water partition coefficient (Wildman–Crippen LogP) is 3.56. The lowest BCUT2D eigenvalue weighted by atomic mass is 10.1. The molecule has 1 aromatic rings. The van der Waals surface area contributed by atoms with E-state index in [1.807, 2.05) is 18.2 Å². The van der Waals surface area contributed by atoms with E-state index in [2.05, 4.69) is 30.8 Å². The zero-order valence-corrected chi connectivity index (χ0v) is 13.9. The van der Waals surface area contributed by atoms with Gasteiger partial charge in [0.15, 0.2) is 0 Å². The number of ether oxygens (including phenoxy) is 2. The third-order valence-electron chi connectivity index (χ3n) is 2.83. The van der Waals surface area contributed by atoms with Crippen LogP contribution in [0.5, 0.6) is 5.75 Å². The Bertz CT molecular complexity index is 469. The third-order valence-corrected chi connectivity index (χ3v) is 3.12. The summed E-state index contributed by atoms with van der Waals surface area (Å²) < 4.78 is 10.1. The van der Waals surface area contributed by atoms with Crippen molar-refractivity contribution in [2.24, 2.45) is 0 Å². The summed E-state index contributed by atoms with van der Waals surface area (Å²) in [6.45, 7) is 7.55. The normalized spacial score (nSPS) is 11.3. The summed E-state index contributed by atoms with van der Waals surface area (Å²) in [5.41, 5.74) is 1.17. The van der Waals surface area contributed by atoms with Crippen LogP contribution in [-0.4, -0.2) is 25.2 Å². The number of carbonyl (C=O) groups is 1. The molecule has 0 aliphatic rings. The highest BCUT2D eigenvalue weighted by Gasteiger charge is 2.10. The second-order valence-corrected chi connectivity index (χ2v) is 6.30. The van der Waals surface area contributed by atoms with Crippen molar-refractivity contribution in [3.05, 3.63) is 28.8 Å². The van der Waals surface area contributed by atoms with Crippen LogP contribution in [-0.2, 0) is 16.1 Å². The van der Waals surface area contributed by atoms with E-state index in [1.165, 1.54) is 7.11 Å². The zero-order valence-electron chi connectivity index (χ0n) is 13.2. The van der Waals surface area contributed by atoms with Gasteiger partial charge in [0.05, 0.1) is 18.7 Å². The Hall–Kier alpha value is -1.26. The lowest BCUT2D eigenvalue weighted by Crippen LogP contribution is -2.35. The molecule has 1 N–H and O–H groups in total. The number of hydrogen-bond donors (Lipinski definition) is 1. The average Bonchev–Trinajstić information content (AvgIpc) is 2.41. The van der Waals surface area contributed by atoms with Crippen molar-refractivity contribution in [3.63, 3.8) is 0 Å². The smallest absolute Gasteiger partial charge is 0.305 e. The fourth-order valence-corrected chi connectivity index (χ4v) is 1.90. The van der Waals surface area contributed by atoms with Crippen molar-refractivity contribution in [1.82, 2.24) is 5.32 Å². The standard InChI is InChI=1S/C16H24ClNO3/c1-16(2,3)18-11-12-7-8-14(13(17)10-12)21-9-5-6-15(19)20-4/h7-8,10,18H,5-6,9,11H2,1-4H3. The van der Waals surface area contributed by atoms with Crippen LogP contribution in [0.1, 0.15) is 39.2 Å². The summed E-state index contributed by atoms with van der Waals surface area (Å²) in [7, 11) is 1.38. The number of halogens is 1. The Labute approximate surface area is 131 Å². The van der Waals surface area contributed by atoms with Crippen LogP contribution >= 0.6 is 11.6 Å². The molecule has 1 rings (SSSR count). The average molecular weight is 314 g/mol. The first-order chi connectivity index (χ1) is 9.81. The maximum absolute atomic E-state index is 11.0. The molecule has 0 aliphatic carbocycles. The molecule has 5 heteroatoms. The van der Waals surface area contributed by atoms with E-state index < -0.39 is 0 Å². The highest BCUT2D eigenvalue weighted by molar-refractivity contribution is 6.32. The van der Waals surface area contributed by atoms with Crippen molar-refractivity contribution in [1.29, 1.82) is 0 Å². The molecule has 0 radical (unpaired) electrons. The Balaban J connectivity index is 2.45. The Morgan fingerprint density at radius 1 is 1.33 bits per heavy atom. The number of methoxy groups -OCH3 is 1. The summed E-state index contributed by atoms with van der Waals surface area (Å²) in [6, 6.07) is 5.75. The third kappa shape index (κ3) is 7.34. The molecule has 0 amide bonds. The fraction of sp³-hybridized carbons (Fsp3) is 0.562. The van der Waals surface area contributed by atoms with Crippen LogP contribution in [0, 0.1) is 0 Å². The molecule has 0 fully saturated rings. The van der Waals surface area contributed by atoms with E-state index >= 15 is 0 Å². The lowest BCUT2D eigenvalue weighted by molar-refractivity contribution is -0.140. The van der Waals surface area contributed by atoms with Gasteiger partial charge in [0, 0.05) is 18.5 Å². The van der Waals surface area contributed by atoms with E-state index in [9.17, 15) is 4.79 Å². The zero-order chi connectivity index (χ0) is 15.9. The Kier molecular flexibility index (Phi) is 6.99. The molecule has 0 bridgehead atoms. The van der Waals surface area contributed by atoms with Gasteiger partial charge in [-0.05, 0) is 44.9 Å². The SMILES string of the molecule is COC(=O)CCCOc1ccc(CNC(C)(C)C)cc1Cl. The topological polar surface area (TPSA) is 47.6 Å². The van der Waals surface area contributed by atoms with Crippen LogP contribution in [0.25, 0.3) is 0 Å². The molecule has 0 atom stereocenters. The summed E-state index contributed by atoms with van der Waals surface area (Å²) in [5, 5.41) is 3.99. The summed E-state index contributed by atoms with van der Waals surface area (Å²) in [6.07, 6.45) is 0.956. The molecular weight excluding hydrogens is 290 g/mol. The molecule has 0 saturated heterocycles. The number of carbonyl (C=O) groups excluding carboxylic acids is 1. The Morgan fingerprint density at radius 2 is 2.05 bits per heavy atom. The van der Waals surface area contributed by atoms with Crippen molar-refractivity contribution in [2.75, 3.05) is 13.7 Å². The molecule has 118 valence electrons. The number of rotatable bonds is 7. The van der Waals surface area contributed by atoms with Gasteiger partial charge in [0.2, 0.25) is 0 Å². The first kappa shape index (κ1) is 17.8. The molecule has 0 unspecified atom stereocenters. The largest absolute Gasteiger partial charge is 0.492 e. The van der Waals surface area contributed by atoms with Crippen LogP contribution in [0.4, 0.5) is 0 Å². The van der Waals surface area contributed by atoms with E-state index in [0.717, 1.165) is 12.1 Å². The van der Waals surface area contributed by atoms with Gasteiger partial charge in [-0.2, -0.15) is 0 Å². The molecule has 0 spiro atoms. The fourth-order valence-electron chi connectivity index (χ4n) is 1.64. The van der Waals surface area contributed by atoms with Crippen LogP contribution in [0.3, 0.4) is 0 Å². The van der Waals surface area contributed by atoms with Crippen molar-refractivity contribution in [2.45, 2.75) is 45.7 Å². The van der Waals surface area contributed by atoms with Gasteiger partial charge >= 0.3 is 5.97 Å². The van der Waals surface area contributed by atoms with Crippen molar-refractivity contribution in [3.8, 4) is 5.75 Å². The molecule has 0 aromatic heterocycles. The van der Waals surface area contributed by atoms with Crippen molar-refractivity contribution < 1.29 is 14.3 Å². The van der Waals surface area contributed by atoms with Crippen LogP contribution in [0.2, 0.25) is 5.02 Å². The maximum Gasteiger partial charge on any atom is 0.305 e. The monoisotopic (exact) mass is 313 g/mol. The minimum atomic E-state index is -0.228. The summed E-state index contributed by atoms with van der Waals surface area (Å²) in [4.78, 5) is 11.0. The van der Waals surface area contributed by atoms with Gasteiger partial charge < -0.3 is 14.8 Å². The van der Waals surface area contributed by atoms with E-state index in [-0.39, 0.29) is 11.5 Å². The van der Waals surface area contributed by atoms with Gasteiger partial charge in [-0.3, -0.25) is 4.79 Å². The number of benzene rings is 1. The molecule has 0 heterocycles. The molecule has 0 aliphatic heterocycles. The molecule has 0 saturated carbocycles. The van der Waals surface area contributed by atoms with Gasteiger partial charge in [-0.15, -0.1) is 0 Å². The van der Waals surface area contributed by atoms with E-state index in [0.29, 0.717) is 30.2 Å².